The summed E-state index contributed by atoms with van der Waals surface area (Å²) in [7, 11) is 3.36. The Bertz CT molecular complexity index is 700. The third-order valence-electron chi connectivity index (χ3n) is 4.12. The zero-order valence-electron chi connectivity index (χ0n) is 11.8. The molecule has 0 bridgehead atoms. The zero-order chi connectivity index (χ0) is 14.1. The van der Waals surface area contributed by atoms with E-state index in [2.05, 4.69) is 18.2 Å². The molecule has 0 saturated carbocycles. The molecule has 2 aromatic rings. The van der Waals surface area contributed by atoms with Gasteiger partial charge in [-0.25, -0.2) is 0 Å². The number of nitriles is 1. The lowest BCUT2D eigenvalue weighted by atomic mass is 9.82. The van der Waals surface area contributed by atoms with Gasteiger partial charge in [0.15, 0.2) is 0 Å². The Kier molecular flexibility index (Phi) is 3.23. The number of fused-ring (bicyclic) bond motifs is 3. The van der Waals surface area contributed by atoms with Crippen LogP contribution in [0.4, 0.5) is 0 Å². The zero-order valence-corrected chi connectivity index (χ0v) is 11.8. The molecular weight excluding hydrogens is 250 g/mol. The van der Waals surface area contributed by atoms with Crippen molar-refractivity contribution in [2.75, 3.05) is 14.2 Å². The third-order valence-corrected chi connectivity index (χ3v) is 4.12. The second kappa shape index (κ2) is 5.05. The van der Waals surface area contributed by atoms with Crippen LogP contribution in [0.1, 0.15) is 17.5 Å². The van der Waals surface area contributed by atoms with Gasteiger partial charge in [0.1, 0.15) is 11.5 Å². The van der Waals surface area contributed by atoms with Crippen molar-refractivity contribution in [1.29, 1.82) is 5.26 Å². The predicted molar refractivity (Wildman–Crippen MR) is 78.2 cm³/mol. The van der Waals surface area contributed by atoms with Crippen molar-refractivity contribution in [3.8, 4) is 17.6 Å². The molecule has 1 aliphatic carbocycles. The lowest BCUT2D eigenvalue weighted by Crippen LogP contribution is -2.13. The van der Waals surface area contributed by atoms with E-state index >= 15 is 0 Å². The molecule has 3 heteroatoms. The summed E-state index contributed by atoms with van der Waals surface area (Å²) >= 11 is 0. The number of hydrogen-bond donors (Lipinski definition) is 0. The normalized spacial score (nSPS) is 17.4. The van der Waals surface area contributed by atoms with Gasteiger partial charge in [-0.2, -0.15) is 5.26 Å². The van der Waals surface area contributed by atoms with Crippen molar-refractivity contribution >= 4 is 10.8 Å². The molecule has 0 heterocycles. The summed E-state index contributed by atoms with van der Waals surface area (Å²) in [5.74, 6) is 1.82. The first kappa shape index (κ1) is 12.8. The first-order valence-electron chi connectivity index (χ1n) is 6.83. The molecule has 0 saturated heterocycles. The molecule has 0 amide bonds. The smallest absolute Gasteiger partial charge is 0.127 e. The van der Waals surface area contributed by atoms with Gasteiger partial charge in [0.05, 0.1) is 26.2 Å². The maximum Gasteiger partial charge on any atom is 0.127 e. The molecule has 1 aliphatic rings. The Morgan fingerprint density at radius 1 is 1.15 bits per heavy atom. The third kappa shape index (κ3) is 1.98. The molecule has 1 unspecified atom stereocenters. The average Bonchev–Trinajstić information content (AvgIpc) is 2.52. The van der Waals surface area contributed by atoms with Crippen LogP contribution in [0.15, 0.2) is 24.3 Å². The second-order valence-corrected chi connectivity index (χ2v) is 5.20. The van der Waals surface area contributed by atoms with E-state index in [4.69, 9.17) is 14.7 Å². The van der Waals surface area contributed by atoms with E-state index < -0.39 is 0 Å². The van der Waals surface area contributed by atoms with Gasteiger partial charge in [-0.1, -0.05) is 6.07 Å². The highest BCUT2D eigenvalue weighted by molar-refractivity contribution is 5.93. The van der Waals surface area contributed by atoms with Crippen LogP contribution in [0.3, 0.4) is 0 Å². The van der Waals surface area contributed by atoms with Crippen LogP contribution in [0.5, 0.6) is 11.5 Å². The fourth-order valence-electron chi connectivity index (χ4n) is 3.06. The maximum atomic E-state index is 9.13. The monoisotopic (exact) mass is 267 g/mol. The summed E-state index contributed by atoms with van der Waals surface area (Å²) in [6.07, 6.45) is 2.72. The quantitative estimate of drug-likeness (QED) is 0.836. The van der Waals surface area contributed by atoms with Crippen LogP contribution in [-0.2, 0) is 12.8 Å². The molecule has 102 valence electrons. The van der Waals surface area contributed by atoms with Gasteiger partial charge in [0, 0.05) is 5.39 Å². The molecule has 0 radical (unpaired) electrons. The van der Waals surface area contributed by atoms with Gasteiger partial charge in [-0.05, 0) is 54.0 Å². The number of hydrogen-bond acceptors (Lipinski definition) is 3. The van der Waals surface area contributed by atoms with E-state index in [1.165, 1.54) is 16.5 Å². The Morgan fingerprint density at radius 3 is 2.70 bits per heavy atom. The van der Waals surface area contributed by atoms with Crippen molar-refractivity contribution in [3.63, 3.8) is 0 Å². The SMILES string of the molecule is COc1ccc2c3c(cc(OC)c2c1)CC(C#N)CC3. The maximum absolute atomic E-state index is 9.13. The van der Waals surface area contributed by atoms with Crippen LogP contribution in [-0.4, -0.2) is 14.2 Å². The number of methoxy groups -OCH3 is 2. The fourth-order valence-corrected chi connectivity index (χ4v) is 3.06. The van der Waals surface area contributed by atoms with Gasteiger partial charge in [-0.3, -0.25) is 0 Å². The standard InChI is InChI=1S/C17H17NO2/c1-19-13-4-6-15-14-5-3-11(10-18)7-12(14)8-17(20-2)16(15)9-13/h4,6,8-9,11H,3,5,7H2,1-2H3. The van der Waals surface area contributed by atoms with Crippen molar-refractivity contribution in [2.24, 2.45) is 5.92 Å². The minimum absolute atomic E-state index is 0.128. The molecule has 0 spiro atoms. The summed E-state index contributed by atoms with van der Waals surface area (Å²) in [6, 6.07) is 10.6. The van der Waals surface area contributed by atoms with Gasteiger partial charge in [-0.15, -0.1) is 0 Å². The molecule has 3 rings (SSSR count). The highest BCUT2D eigenvalue weighted by atomic mass is 16.5. The number of rotatable bonds is 2. The van der Waals surface area contributed by atoms with Crippen LogP contribution < -0.4 is 9.47 Å². The van der Waals surface area contributed by atoms with E-state index in [-0.39, 0.29) is 5.92 Å². The number of ether oxygens (including phenoxy) is 2. The fraction of sp³-hybridized carbons (Fsp3) is 0.353. The van der Waals surface area contributed by atoms with Crippen LogP contribution in [0.2, 0.25) is 0 Å². The van der Waals surface area contributed by atoms with Crippen molar-refractivity contribution in [1.82, 2.24) is 0 Å². The van der Waals surface area contributed by atoms with Crippen LogP contribution in [0.25, 0.3) is 10.8 Å². The molecule has 0 aliphatic heterocycles. The second-order valence-electron chi connectivity index (χ2n) is 5.20. The molecule has 0 aromatic heterocycles. The topological polar surface area (TPSA) is 42.2 Å². The van der Waals surface area contributed by atoms with Crippen LogP contribution >= 0.6 is 0 Å². The molecule has 3 nitrogen and oxygen atoms in total. The van der Waals surface area contributed by atoms with E-state index in [1.54, 1.807) is 14.2 Å². The largest absolute Gasteiger partial charge is 0.497 e. The lowest BCUT2D eigenvalue weighted by Gasteiger charge is -2.23. The molecule has 0 N–H and O–H groups in total. The first-order valence-corrected chi connectivity index (χ1v) is 6.83. The Hall–Kier alpha value is -2.21. The van der Waals surface area contributed by atoms with E-state index in [9.17, 15) is 0 Å². The summed E-state index contributed by atoms with van der Waals surface area (Å²) in [4.78, 5) is 0. The molecule has 20 heavy (non-hydrogen) atoms. The Morgan fingerprint density at radius 2 is 2.00 bits per heavy atom. The highest BCUT2D eigenvalue weighted by Gasteiger charge is 2.22. The summed E-state index contributed by atoms with van der Waals surface area (Å²) in [5.41, 5.74) is 2.60. The van der Waals surface area contributed by atoms with Gasteiger partial charge in [0.2, 0.25) is 0 Å². The molecule has 2 aromatic carbocycles. The minimum atomic E-state index is 0.128. The number of benzene rings is 2. The molecule has 1 atom stereocenters. The van der Waals surface area contributed by atoms with Gasteiger partial charge < -0.3 is 9.47 Å². The minimum Gasteiger partial charge on any atom is -0.497 e. The Labute approximate surface area is 118 Å². The lowest BCUT2D eigenvalue weighted by molar-refractivity contribution is 0.411. The summed E-state index contributed by atoms with van der Waals surface area (Å²) < 4.78 is 10.8. The number of aryl methyl sites for hydroxylation is 1. The van der Waals surface area contributed by atoms with Crippen LogP contribution in [0, 0.1) is 17.2 Å². The van der Waals surface area contributed by atoms with Crippen molar-refractivity contribution < 1.29 is 9.47 Å². The number of nitrogens with zero attached hydrogens (tertiary/aromatic N) is 1. The van der Waals surface area contributed by atoms with E-state index in [0.29, 0.717) is 0 Å². The van der Waals surface area contributed by atoms with E-state index in [1.807, 2.05) is 12.1 Å². The molecular formula is C17H17NO2. The first-order chi connectivity index (χ1) is 9.76. The highest BCUT2D eigenvalue weighted by Crippen LogP contribution is 2.38. The average molecular weight is 267 g/mol. The predicted octanol–water partition coefficient (Wildman–Crippen LogP) is 3.49. The van der Waals surface area contributed by atoms with Gasteiger partial charge >= 0.3 is 0 Å². The van der Waals surface area contributed by atoms with Crippen molar-refractivity contribution in [3.05, 3.63) is 35.4 Å². The summed E-state index contributed by atoms with van der Waals surface area (Å²) in [6.45, 7) is 0. The summed E-state index contributed by atoms with van der Waals surface area (Å²) in [5, 5.41) is 11.4. The van der Waals surface area contributed by atoms with Crippen molar-refractivity contribution in [2.45, 2.75) is 19.3 Å². The molecule has 0 fully saturated rings. The van der Waals surface area contributed by atoms with Gasteiger partial charge in [0.25, 0.3) is 0 Å². The Balaban J connectivity index is 2.23. The van der Waals surface area contributed by atoms with E-state index in [0.717, 1.165) is 36.1 Å².